The van der Waals surface area contributed by atoms with E-state index in [0.29, 0.717) is 22.8 Å². The fourth-order valence-corrected chi connectivity index (χ4v) is 4.35. The number of aromatic nitrogens is 2. The van der Waals surface area contributed by atoms with Gasteiger partial charge in [-0.25, -0.2) is 4.39 Å². The Morgan fingerprint density at radius 3 is 2.55 bits per heavy atom. The highest BCUT2D eigenvalue weighted by atomic mass is 79.9. The topological polar surface area (TPSA) is 75.2 Å². The van der Waals surface area contributed by atoms with Crippen LogP contribution in [0, 0.1) is 5.82 Å². The Morgan fingerprint density at radius 2 is 1.83 bits per heavy atom. The van der Waals surface area contributed by atoms with Gasteiger partial charge in [-0.05, 0) is 61.4 Å². The van der Waals surface area contributed by atoms with Crippen LogP contribution in [0.3, 0.4) is 0 Å². The van der Waals surface area contributed by atoms with E-state index in [2.05, 4.69) is 31.4 Å². The Labute approximate surface area is 178 Å². The van der Waals surface area contributed by atoms with Crippen molar-refractivity contribution < 1.29 is 14.0 Å². The molecule has 0 radical (unpaired) electrons. The van der Waals surface area contributed by atoms with Gasteiger partial charge in [0, 0.05) is 22.3 Å². The van der Waals surface area contributed by atoms with E-state index in [9.17, 15) is 14.0 Å². The molecule has 1 unspecified atom stereocenters. The van der Waals surface area contributed by atoms with Crippen molar-refractivity contribution in [1.29, 1.82) is 0 Å². The van der Waals surface area contributed by atoms with Crippen molar-refractivity contribution in [3.8, 4) is 0 Å². The van der Waals surface area contributed by atoms with Crippen molar-refractivity contribution >= 4 is 44.8 Å². The molecule has 3 aromatic rings. The monoisotopic (exact) mass is 474 g/mol. The third kappa shape index (κ3) is 4.35. The molecular formula is C20H16BrFN4O2S. The summed E-state index contributed by atoms with van der Waals surface area (Å²) in [6.45, 7) is 0.635. The summed E-state index contributed by atoms with van der Waals surface area (Å²) in [5, 5.41) is 11.7. The standard InChI is InChI=1S/C20H16BrFN4O2S/c21-13-5-3-12(4-6-13)20(28)26-11-1-2-16(26)18-24-25-19(29-18)17(27)23-15-9-7-14(22)8-10-15/h3-10,16H,1-2,11H2,(H,23,27). The number of benzene rings is 2. The predicted molar refractivity (Wildman–Crippen MR) is 111 cm³/mol. The van der Waals surface area contributed by atoms with Gasteiger partial charge < -0.3 is 10.2 Å². The summed E-state index contributed by atoms with van der Waals surface area (Å²) in [6.07, 6.45) is 1.64. The third-order valence-electron chi connectivity index (χ3n) is 4.63. The van der Waals surface area contributed by atoms with Crippen molar-refractivity contribution in [1.82, 2.24) is 15.1 Å². The molecule has 0 aliphatic carbocycles. The van der Waals surface area contributed by atoms with Crippen LogP contribution in [0.4, 0.5) is 10.1 Å². The molecule has 148 valence electrons. The van der Waals surface area contributed by atoms with Crippen molar-refractivity contribution in [2.45, 2.75) is 18.9 Å². The summed E-state index contributed by atoms with van der Waals surface area (Å²) >= 11 is 4.54. The van der Waals surface area contributed by atoms with E-state index in [0.717, 1.165) is 17.3 Å². The molecule has 29 heavy (non-hydrogen) atoms. The van der Waals surface area contributed by atoms with E-state index >= 15 is 0 Å². The number of nitrogens with one attached hydrogen (secondary N) is 1. The second-order valence-corrected chi connectivity index (χ2v) is 8.49. The molecule has 1 N–H and O–H groups in total. The molecule has 1 aliphatic rings. The molecule has 0 bridgehead atoms. The molecule has 0 saturated carbocycles. The minimum atomic E-state index is -0.413. The maximum atomic E-state index is 13.0. The number of amides is 2. The number of nitrogens with zero attached hydrogens (tertiary/aromatic N) is 3. The second-order valence-electron chi connectivity index (χ2n) is 6.57. The summed E-state index contributed by atoms with van der Waals surface area (Å²) in [7, 11) is 0. The SMILES string of the molecule is O=C(Nc1ccc(F)cc1)c1nnc(C2CCCN2C(=O)c2ccc(Br)cc2)s1. The van der Waals surface area contributed by atoms with Gasteiger partial charge in [0.05, 0.1) is 6.04 Å². The zero-order valence-electron chi connectivity index (χ0n) is 15.1. The molecular weight excluding hydrogens is 459 g/mol. The summed E-state index contributed by atoms with van der Waals surface area (Å²) in [5.41, 5.74) is 1.08. The van der Waals surface area contributed by atoms with Crippen LogP contribution in [0.25, 0.3) is 0 Å². The number of halogens is 2. The Morgan fingerprint density at radius 1 is 1.10 bits per heavy atom. The van der Waals surface area contributed by atoms with E-state index in [4.69, 9.17) is 0 Å². The number of hydrogen-bond donors (Lipinski definition) is 1. The summed E-state index contributed by atoms with van der Waals surface area (Å²) in [5.74, 6) is -0.852. The second kappa shape index (κ2) is 8.38. The minimum absolute atomic E-state index is 0.0625. The number of carbonyl (C=O) groups excluding carboxylic acids is 2. The zero-order valence-corrected chi connectivity index (χ0v) is 17.5. The molecule has 1 fully saturated rings. The first-order chi connectivity index (χ1) is 14.0. The Bertz CT molecular complexity index is 1040. The van der Waals surface area contributed by atoms with Gasteiger partial charge in [0.15, 0.2) is 0 Å². The predicted octanol–water partition coefficient (Wildman–Crippen LogP) is 4.67. The molecule has 1 aliphatic heterocycles. The molecule has 2 amide bonds. The minimum Gasteiger partial charge on any atom is -0.329 e. The van der Waals surface area contributed by atoms with E-state index < -0.39 is 5.91 Å². The maximum absolute atomic E-state index is 13.0. The molecule has 0 spiro atoms. The van der Waals surface area contributed by atoms with Crippen LogP contribution < -0.4 is 5.32 Å². The van der Waals surface area contributed by atoms with Crippen molar-refractivity contribution in [2.75, 3.05) is 11.9 Å². The van der Waals surface area contributed by atoms with Crippen LogP contribution in [-0.2, 0) is 0 Å². The normalized spacial score (nSPS) is 16.1. The molecule has 1 saturated heterocycles. The lowest BCUT2D eigenvalue weighted by Crippen LogP contribution is -2.30. The van der Waals surface area contributed by atoms with Crippen molar-refractivity contribution in [3.63, 3.8) is 0 Å². The lowest BCUT2D eigenvalue weighted by Gasteiger charge is -2.22. The van der Waals surface area contributed by atoms with Crippen LogP contribution in [0.2, 0.25) is 0 Å². The van der Waals surface area contributed by atoms with Crippen LogP contribution in [-0.4, -0.2) is 33.5 Å². The smallest absolute Gasteiger partial charge is 0.286 e. The zero-order chi connectivity index (χ0) is 20.4. The average molecular weight is 475 g/mol. The first-order valence-electron chi connectivity index (χ1n) is 8.98. The number of rotatable bonds is 4. The van der Waals surface area contributed by atoms with Crippen LogP contribution in [0.1, 0.15) is 44.1 Å². The summed E-state index contributed by atoms with van der Waals surface area (Å²) in [4.78, 5) is 27.1. The number of anilines is 1. The van der Waals surface area contributed by atoms with E-state index in [-0.39, 0.29) is 22.8 Å². The third-order valence-corrected chi connectivity index (χ3v) is 6.18. The van der Waals surface area contributed by atoms with Crippen molar-refractivity contribution in [3.05, 3.63) is 74.4 Å². The number of carbonyl (C=O) groups is 2. The van der Waals surface area contributed by atoms with Gasteiger partial charge in [-0.15, -0.1) is 10.2 Å². The van der Waals surface area contributed by atoms with E-state index in [1.54, 1.807) is 17.0 Å². The van der Waals surface area contributed by atoms with Gasteiger partial charge in [-0.3, -0.25) is 9.59 Å². The van der Waals surface area contributed by atoms with Gasteiger partial charge in [0.2, 0.25) is 5.01 Å². The molecule has 4 rings (SSSR count). The lowest BCUT2D eigenvalue weighted by molar-refractivity contribution is 0.0735. The fourth-order valence-electron chi connectivity index (χ4n) is 3.20. The summed E-state index contributed by atoms with van der Waals surface area (Å²) < 4.78 is 13.9. The van der Waals surface area contributed by atoms with Crippen LogP contribution in [0.5, 0.6) is 0 Å². The molecule has 2 heterocycles. The molecule has 9 heteroatoms. The fraction of sp³-hybridized carbons (Fsp3) is 0.200. The van der Waals surface area contributed by atoms with Gasteiger partial charge in [0.25, 0.3) is 11.8 Å². The quantitative estimate of drug-likeness (QED) is 0.595. The maximum Gasteiger partial charge on any atom is 0.286 e. The Balaban J connectivity index is 1.49. The highest BCUT2D eigenvalue weighted by Crippen LogP contribution is 2.35. The van der Waals surface area contributed by atoms with Crippen LogP contribution in [0.15, 0.2) is 53.0 Å². The molecule has 1 atom stereocenters. The largest absolute Gasteiger partial charge is 0.329 e. The average Bonchev–Trinajstić information content (AvgIpc) is 3.39. The first kappa shape index (κ1) is 19.7. The van der Waals surface area contributed by atoms with Crippen molar-refractivity contribution in [2.24, 2.45) is 0 Å². The summed E-state index contributed by atoms with van der Waals surface area (Å²) in [6, 6.07) is 12.5. The van der Waals surface area contributed by atoms with Gasteiger partial charge in [0.1, 0.15) is 10.8 Å². The van der Waals surface area contributed by atoms with E-state index in [1.165, 1.54) is 35.6 Å². The Kier molecular flexibility index (Phi) is 5.68. The highest BCUT2D eigenvalue weighted by Gasteiger charge is 2.33. The molecule has 6 nitrogen and oxygen atoms in total. The number of likely N-dealkylation sites (tertiary alicyclic amines) is 1. The van der Waals surface area contributed by atoms with E-state index in [1.807, 2.05) is 12.1 Å². The molecule has 2 aromatic carbocycles. The lowest BCUT2D eigenvalue weighted by atomic mass is 10.2. The van der Waals surface area contributed by atoms with Gasteiger partial charge in [-0.2, -0.15) is 0 Å². The highest BCUT2D eigenvalue weighted by molar-refractivity contribution is 9.10. The number of hydrogen-bond acceptors (Lipinski definition) is 5. The van der Waals surface area contributed by atoms with Gasteiger partial charge >= 0.3 is 0 Å². The first-order valence-corrected chi connectivity index (χ1v) is 10.6. The molecule has 1 aromatic heterocycles. The van der Waals surface area contributed by atoms with Crippen LogP contribution >= 0.6 is 27.3 Å². The van der Waals surface area contributed by atoms with Gasteiger partial charge in [-0.1, -0.05) is 27.3 Å². The Hall–Kier alpha value is -2.65.